The van der Waals surface area contributed by atoms with Crippen LogP contribution in [-0.2, 0) is 9.53 Å². The lowest BCUT2D eigenvalue weighted by molar-refractivity contribution is -0.274. The number of halogens is 3. The molecule has 0 unspecified atom stereocenters. The van der Waals surface area contributed by atoms with Gasteiger partial charge in [0, 0.05) is 6.04 Å². The van der Waals surface area contributed by atoms with Crippen LogP contribution in [0, 0.1) is 0 Å². The zero-order chi connectivity index (χ0) is 18.4. The Labute approximate surface area is 143 Å². The first-order valence-corrected chi connectivity index (χ1v) is 7.66. The molecule has 0 bridgehead atoms. The minimum Gasteiger partial charge on any atom is -0.466 e. The van der Waals surface area contributed by atoms with Crippen molar-refractivity contribution in [3.05, 3.63) is 54.1 Å². The fourth-order valence-corrected chi connectivity index (χ4v) is 2.34. The minimum absolute atomic E-state index is 0.0223. The van der Waals surface area contributed by atoms with Crippen molar-refractivity contribution in [2.24, 2.45) is 5.73 Å². The molecular weight excluding hydrogens is 335 g/mol. The number of carbonyl (C=O) groups is 1. The Balaban J connectivity index is 2.21. The molecule has 0 amide bonds. The van der Waals surface area contributed by atoms with Crippen LogP contribution in [0.15, 0.2) is 48.5 Å². The van der Waals surface area contributed by atoms with Crippen molar-refractivity contribution in [2.75, 3.05) is 6.61 Å². The lowest BCUT2D eigenvalue weighted by Gasteiger charge is -2.14. The Morgan fingerprint density at radius 2 is 1.76 bits per heavy atom. The molecule has 1 atom stereocenters. The maximum Gasteiger partial charge on any atom is 0.573 e. The van der Waals surface area contributed by atoms with Crippen LogP contribution in [0.1, 0.15) is 24.9 Å². The molecule has 0 aliphatic carbocycles. The maximum atomic E-state index is 12.3. The Morgan fingerprint density at radius 3 is 2.40 bits per heavy atom. The average Bonchev–Trinajstić information content (AvgIpc) is 2.54. The molecule has 7 heteroatoms. The van der Waals surface area contributed by atoms with Crippen molar-refractivity contribution >= 4 is 5.97 Å². The quantitative estimate of drug-likeness (QED) is 0.791. The van der Waals surface area contributed by atoms with Crippen molar-refractivity contribution in [1.29, 1.82) is 0 Å². The van der Waals surface area contributed by atoms with Crippen molar-refractivity contribution in [1.82, 2.24) is 0 Å². The first kappa shape index (κ1) is 18.8. The molecule has 0 spiro atoms. The van der Waals surface area contributed by atoms with E-state index in [9.17, 15) is 18.0 Å². The number of hydrogen-bond donors (Lipinski definition) is 1. The third kappa shape index (κ3) is 5.79. The van der Waals surface area contributed by atoms with Crippen molar-refractivity contribution in [3.8, 4) is 16.9 Å². The molecule has 2 N–H and O–H groups in total. The van der Waals surface area contributed by atoms with Gasteiger partial charge in [-0.05, 0) is 41.8 Å². The number of esters is 1. The number of rotatable bonds is 6. The molecule has 2 aromatic rings. The minimum atomic E-state index is -4.75. The molecule has 134 valence electrons. The van der Waals surface area contributed by atoms with Crippen molar-refractivity contribution in [2.45, 2.75) is 25.7 Å². The van der Waals surface area contributed by atoms with Gasteiger partial charge in [-0.15, -0.1) is 13.2 Å². The average molecular weight is 353 g/mol. The number of carbonyl (C=O) groups excluding carboxylic acids is 1. The third-order valence-electron chi connectivity index (χ3n) is 3.41. The summed E-state index contributed by atoms with van der Waals surface area (Å²) in [6.07, 6.45) is -4.73. The predicted octanol–water partition coefficient (Wildman–Crippen LogP) is 4.21. The molecule has 2 rings (SSSR count). The molecule has 2 aromatic carbocycles. The molecule has 0 aliphatic rings. The summed E-state index contributed by atoms with van der Waals surface area (Å²) in [6.45, 7) is 1.98. The third-order valence-corrected chi connectivity index (χ3v) is 3.41. The molecule has 0 aliphatic heterocycles. The van der Waals surface area contributed by atoms with Gasteiger partial charge < -0.3 is 15.2 Å². The summed E-state index contributed by atoms with van der Waals surface area (Å²) >= 11 is 0. The van der Waals surface area contributed by atoms with E-state index in [0.717, 1.165) is 0 Å². The van der Waals surface area contributed by atoms with Crippen LogP contribution in [0.25, 0.3) is 11.1 Å². The van der Waals surface area contributed by atoms with E-state index in [4.69, 9.17) is 10.5 Å². The Hall–Kier alpha value is -2.54. The zero-order valence-corrected chi connectivity index (χ0v) is 13.5. The predicted molar refractivity (Wildman–Crippen MR) is 86.7 cm³/mol. The Kier molecular flexibility index (Phi) is 6.03. The van der Waals surface area contributed by atoms with Gasteiger partial charge in [-0.25, -0.2) is 0 Å². The first-order valence-electron chi connectivity index (χ1n) is 7.66. The molecule has 0 heterocycles. The van der Waals surface area contributed by atoms with Gasteiger partial charge in [0.05, 0.1) is 13.0 Å². The van der Waals surface area contributed by atoms with Crippen LogP contribution in [0.3, 0.4) is 0 Å². The normalized spacial score (nSPS) is 12.5. The van der Waals surface area contributed by atoms with Crippen LogP contribution in [0.2, 0.25) is 0 Å². The van der Waals surface area contributed by atoms with Gasteiger partial charge in [-0.2, -0.15) is 0 Å². The largest absolute Gasteiger partial charge is 0.573 e. The topological polar surface area (TPSA) is 61.5 Å². The smallest absolute Gasteiger partial charge is 0.466 e. The lowest BCUT2D eigenvalue weighted by atomic mass is 9.98. The second-order valence-electron chi connectivity index (χ2n) is 5.32. The van der Waals surface area contributed by atoms with E-state index in [2.05, 4.69) is 4.74 Å². The standard InChI is InChI=1S/C18H18F3NO3/c1-2-24-17(23)11-16(22)14-7-3-5-12(9-14)13-6-4-8-15(10-13)25-18(19,20)21/h3-10,16H,2,11,22H2,1H3/t16-/m0/s1. The summed E-state index contributed by atoms with van der Waals surface area (Å²) in [5, 5.41) is 0. The number of benzene rings is 2. The summed E-state index contributed by atoms with van der Waals surface area (Å²) in [5.74, 6) is -0.702. The van der Waals surface area contributed by atoms with Crippen LogP contribution >= 0.6 is 0 Å². The van der Waals surface area contributed by atoms with Gasteiger partial charge in [0.2, 0.25) is 0 Å². The van der Waals surface area contributed by atoms with E-state index >= 15 is 0 Å². The van der Waals surface area contributed by atoms with Gasteiger partial charge in [-0.3, -0.25) is 4.79 Å². The monoisotopic (exact) mass is 353 g/mol. The molecule has 0 fully saturated rings. The van der Waals surface area contributed by atoms with Crippen LogP contribution in [0.5, 0.6) is 5.75 Å². The number of alkyl halides is 3. The molecule has 25 heavy (non-hydrogen) atoms. The SMILES string of the molecule is CCOC(=O)C[C@H](N)c1cccc(-c2cccc(OC(F)(F)F)c2)c1. The molecule has 0 radical (unpaired) electrons. The highest BCUT2D eigenvalue weighted by molar-refractivity contribution is 5.71. The second kappa shape index (κ2) is 8.02. The highest BCUT2D eigenvalue weighted by Gasteiger charge is 2.31. The molecule has 0 saturated carbocycles. The summed E-state index contributed by atoms with van der Waals surface area (Å²) in [5.41, 5.74) is 7.92. The van der Waals surface area contributed by atoms with Gasteiger partial charge in [0.1, 0.15) is 5.75 Å². The van der Waals surface area contributed by atoms with E-state index in [1.54, 1.807) is 37.3 Å². The van der Waals surface area contributed by atoms with E-state index in [1.807, 2.05) is 0 Å². The number of ether oxygens (including phenoxy) is 2. The fourth-order valence-electron chi connectivity index (χ4n) is 2.34. The highest BCUT2D eigenvalue weighted by Crippen LogP contribution is 2.29. The summed E-state index contributed by atoms with van der Waals surface area (Å²) in [4.78, 5) is 11.5. The van der Waals surface area contributed by atoms with Gasteiger partial charge in [0.25, 0.3) is 0 Å². The Bertz CT molecular complexity index is 732. The van der Waals surface area contributed by atoms with E-state index in [1.165, 1.54) is 18.2 Å². The van der Waals surface area contributed by atoms with E-state index < -0.39 is 18.4 Å². The van der Waals surface area contributed by atoms with Crippen molar-refractivity contribution < 1.29 is 27.4 Å². The lowest BCUT2D eigenvalue weighted by Crippen LogP contribution is -2.17. The Morgan fingerprint density at radius 1 is 1.12 bits per heavy atom. The summed E-state index contributed by atoms with van der Waals surface area (Å²) in [6, 6.07) is 12.1. The molecule has 0 aromatic heterocycles. The summed E-state index contributed by atoms with van der Waals surface area (Å²) in [7, 11) is 0. The highest BCUT2D eigenvalue weighted by atomic mass is 19.4. The summed E-state index contributed by atoms with van der Waals surface area (Å²) < 4.78 is 45.8. The van der Waals surface area contributed by atoms with E-state index in [-0.39, 0.29) is 18.8 Å². The van der Waals surface area contributed by atoms with Crippen molar-refractivity contribution in [3.63, 3.8) is 0 Å². The van der Waals surface area contributed by atoms with E-state index in [0.29, 0.717) is 16.7 Å². The van der Waals surface area contributed by atoms with Gasteiger partial charge >= 0.3 is 12.3 Å². The molecule has 4 nitrogen and oxygen atoms in total. The van der Waals surface area contributed by atoms with Crippen LogP contribution in [-0.4, -0.2) is 18.9 Å². The fraction of sp³-hybridized carbons (Fsp3) is 0.278. The zero-order valence-electron chi connectivity index (χ0n) is 13.5. The van der Waals surface area contributed by atoms with Crippen LogP contribution in [0.4, 0.5) is 13.2 Å². The number of nitrogens with two attached hydrogens (primary N) is 1. The molecule has 0 saturated heterocycles. The molecular formula is C18H18F3NO3. The van der Waals surface area contributed by atoms with Gasteiger partial charge in [-0.1, -0.05) is 30.3 Å². The second-order valence-corrected chi connectivity index (χ2v) is 5.32. The number of hydrogen-bond acceptors (Lipinski definition) is 4. The van der Waals surface area contributed by atoms with Gasteiger partial charge in [0.15, 0.2) is 0 Å². The maximum absolute atomic E-state index is 12.3. The first-order chi connectivity index (χ1) is 11.8. The van der Waals surface area contributed by atoms with Crippen LogP contribution < -0.4 is 10.5 Å².